The minimum absolute atomic E-state index is 0.249. The standard InChI is InChI=1S/C8H15N5O/c1-14-5-7-10-8(12-11-7)13-3-2-6(9)4-13/h6H,2-5,9H2,1H3,(H,10,11,12). The first-order valence-electron chi connectivity index (χ1n) is 4.70. The summed E-state index contributed by atoms with van der Waals surface area (Å²) in [6, 6.07) is 0.249. The SMILES string of the molecule is COCc1nc(N2CCC(N)C2)n[nH]1. The normalized spacial score (nSPS) is 21.9. The van der Waals surface area contributed by atoms with Crippen LogP contribution < -0.4 is 10.6 Å². The largest absolute Gasteiger partial charge is 0.377 e. The lowest BCUT2D eigenvalue weighted by atomic mass is 10.3. The van der Waals surface area contributed by atoms with Crippen LogP contribution in [-0.4, -0.2) is 41.4 Å². The highest BCUT2D eigenvalue weighted by molar-refractivity contribution is 5.31. The highest BCUT2D eigenvalue weighted by atomic mass is 16.5. The molecule has 78 valence electrons. The first-order chi connectivity index (χ1) is 6.79. The van der Waals surface area contributed by atoms with Gasteiger partial charge in [-0.25, -0.2) is 0 Å². The van der Waals surface area contributed by atoms with Crippen LogP contribution in [0.25, 0.3) is 0 Å². The molecule has 0 radical (unpaired) electrons. The van der Waals surface area contributed by atoms with Crippen molar-refractivity contribution in [3.8, 4) is 0 Å². The Morgan fingerprint density at radius 3 is 3.21 bits per heavy atom. The number of nitrogens with one attached hydrogen (secondary N) is 1. The molecule has 1 unspecified atom stereocenters. The van der Waals surface area contributed by atoms with Crippen LogP contribution in [-0.2, 0) is 11.3 Å². The molecule has 1 aromatic rings. The average Bonchev–Trinajstić information content (AvgIpc) is 2.74. The van der Waals surface area contributed by atoms with Gasteiger partial charge in [-0.2, -0.15) is 4.98 Å². The van der Waals surface area contributed by atoms with E-state index in [1.165, 1.54) is 0 Å². The summed E-state index contributed by atoms with van der Waals surface area (Å²) in [7, 11) is 1.63. The van der Waals surface area contributed by atoms with Crippen LogP contribution in [0, 0.1) is 0 Å². The van der Waals surface area contributed by atoms with Crippen molar-refractivity contribution in [3.63, 3.8) is 0 Å². The van der Waals surface area contributed by atoms with E-state index in [9.17, 15) is 0 Å². The number of H-pyrrole nitrogens is 1. The second kappa shape index (κ2) is 3.93. The Labute approximate surface area is 82.4 Å². The number of nitrogens with zero attached hydrogens (tertiary/aromatic N) is 3. The molecule has 1 aromatic heterocycles. The molecule has 6 nitrogen and oxygen atoms in total. The Morgan fingerprint density at radius 2 is 2.57 bits per heavy atom. The Kier molecular flexibility index (Phi) is 2.64. The smallest absolute Gasteiger partial charge is 0.244 e. The molecule has 0 spiro atoms. The Balaban J connectivity index is 2.02. The van der Waals surface area contributed by atoms with Crippen LogP contribution in [0.5, 0.6) is 0 Å². The number of hydrogen-bond donors (Lipinski definition) is 2. The quantitative estimate of drug-likeness (QED) is 0.682. The van der Waals surface area contributed by atoms with Crippen LogP contribution in [0.4, 0.5) is 5.95 Å². The number of nitrogens with two attached hydrogens (primary N) is 1. The van der Waals surface area contributed by atoms with Crippen molar-refractivity contribution < 1.29 is 4.74 Å². The van der Waals surface area contributed by atoms with E-state index in [0.717, 1.165) is 31.3 Å². The van der Waals surface area contributed by atoms with Gasteiger partial charge < -0.3 is 15.4 Å². The maximum absolute atomic E-state index is 5.80. The number of aromatic nitrogens is 3. The van der Waals surface area contributed by atoms with Gasteiger partial charge in [0.1, 0.15) is 6.61 Å². The molecule has 0 bridgehead atoms. The van der Waals surface area contributed by atoms with E-state index in [0.29, 0.717) is 6.61 Å². The van der Waals surface area contributed by atoms with E-state index in [1.54, 1.807) is 7.11 Å². The van der Waals surface area contributed by atoms with E-state index < -0.39 is 0 Å². The Morgan fingerprint density at radius 1 is 1.71 bits per heavy atom. The minimum atomic E-state index is 0.249. The van der Waals surface area contributed by atoms with Crippen LogP contribution in [0.15, 0.2) is 0 Å². The summed E-state index contributed by atoms with van der Waals surface area (Å²) < 4.78 is 4.95. The molecule has 0 saturated carbocycles. The molecule has 1 atom stereocenters. The zero-order chi connectivity index (χ0) is 9.97. The maximum Gasteiger partial charge on any atom is 0.244 e. The van der Waals surface area contributed by atoms with E-state index in [2.05, 4.69) is 20.1 Å². The minimum Gasteiger partial charge on any atom is -0.377 e. The van der Waals surface area contributed by atoms with Crippen molar-refractivity contribution in [3.05, 3.63) is 5.82 Å². The molecule has 1 aliphatic heterocycles. The average molecular weight is 197 g/mol. The summed E-state index contributed by atoms with van der Waals surface area (Å²) in [5, 5.41) is 6.94. The van der Waals surface area contributed by atoms with Gasteiger partial charge in [-0.3, -0.25) is 5.10 Å². The third-order valence-electron chi connectivity index (χ3n) is 2.31. The van der Waals surface area contributed by atoms with Crippen LogP contribution >= 0.6 is 0 Å². The van der Waals surface area contributed by atoms with Gasteiger partial charge >= 0.3 is 0 Å². The lowest BCUT2D eigenvalue weighted by Gasteiger charge is -2.11. The molecular weight excluding hydrogens is 182 g/mol. The number of ether oxygens (including phenoxy) is 1. The van der Waals surface area contributed by atoms with E-state index in [4.69, 9.17) is 10.5 Å². The first-order valence-corrected chi connectivity index (χ1v) is 4.70. The van der Waals surface area contributed by atoms with E-state index in [1.807, 2.05) is 0 Å². The maximum atomic E-state index is 5.80. The molecular formula is C8H15N5O. The molecule has 0 amide bonds. The van der Waals surface area contributed by atoms with Crippen molar-refractivity contribution >= 4 is 5.95 Å². The molecule has 1 aliphatic rings. The van der Waals surface area contributed by atoms with Crippen molar-refractivity contribution in [1.29, 1.82) is 0 Å². The van der Waals surface area contributed by atoms with Gasteiger partial charge in [0.2, 0.25) is 5.95 Å². The lowest BCUT2D eigenvalue weighted by molar-refractivity contribution is 0.178. The molecule has 1 fully saturated rings. The predicted octanol–water partition coefficient (Wildman–Crippen LogP) is -0.511. The monoisotopic (exact) mass is 197 g/mol. The summed E-state index contributed by atoms with van der Waals surface area (Å²) in [6.07, 6.45) is 1.01. The lowest BCUT2D eigenvalue weighted by Crippen LogP contribution is -2.27. The molecule has 0 aliphatic carbocycles. The fourth-order valence-electron chi connectivity index (χ4n) is 1.60. The second-order valence-corrected chi connectivity index (χ2v) is 3.51. The first kappa shape index (κ1) is 9.42. The highest BCUT2D eigenvalue weighted by Gasteiger charge is 2.22. The third kappa shape index (κ3) is 1.85. The fourth-order valence-corrected chi connectivity index (χ4v) is 1.60. The van der Waals surface area contributed by atoms with Gasteiger partial charge in [-0.1, -0.05) is 0 Å². The van der Waals surface area contributed by atoms with E-state index in [-0.39, 0.29) is 6.04 Å². The summed E-state index contributed by atoms with van der Waals surface area (Å²) in [5.41, 5.74) is 5.80. The van der Waals surface area contributed by atoms with Crippen molar-refractivity contribution in [2.45, 2.75) is 19.1 Å². The van der Waals surface area contributed by atoms with Crippen LogP contribution in [0.2, 0.25) is 0 Å². The van der Waals surface area contributed by atoms with Crippen LogP contribution in [0.1, 0.15) is 12.2 Å². The number of rotatable bonds is 3. The van der Waals surface area contributed by atoms with E-state index >= 15 is 0 Å². The molecule has 6 heteroatoms. The predicted molar refractivity (Wildman–Crippen MR) is 51.9 cm³/mol. The van der Waals surface area contributed by atoms with Gasteiger partial charge in [0.15, 0.2) is 5.82 Å². The van der Waals surface area contributed by atoms with Crippen LogP contribution in [0.3, 0.4) is 0 Å². The number of aromatic amines is 1. The van der Waals surface area contributed by atoms with Gasteiger partial charge in [-0.05, 0) is 6.42 Å². The molecule has 2 heterocycles. The summed E-state index contributed by atoms with van der Waals surface area (Å²) in [6.45, 7) is 2.24. The van der Waals surface area contributed by atoms with Crippen molar-refractivity contribution in [2.75, 3.05) is 25.1 Å². The topological polar surface area (TPSA) is 80.1 Å². The summed E-state index contributed by atoms with van der Waals surface area (Å²) in [4.78, 5) is 6.38. The number of hydrogen-bond acceptors (Lipinski definition) is 5. The fraction of sp³-hybridized carbons (Fsp3) is 0.750. The third-order valence-corrected chi connectivity index (χ3v) is 2.31. The molecule has 14 heavy (non-hydrogen) atoms. The molecule has 1 saturated heterocycles. The highest BCUT2D eigenvalue weighted by Crippen LogP contribution is 2.14. The zero-order valence-corrected chi connectivity index (χ0v) is 8.23. The summed E-state index contributed by atoms with van der Waals surface area (Å²) >= 11 is 0. The zero-order valence-electron chi connectivity index (χ0n) is 8.23. The van der Waals surface area contributed by atoms with Crippen molar-refractivity contribution in [1.82, 2.24) is 15.2 Å². The summed E-state index contributed by atoms with van der Waals surface area (Å²) in [5.74, 6) is 1.48. The molecule has 2 rings (SSSR count). The van der Waals surface area contributed by atoms with Gasteiger partial charge in [0.05, 0.1) is 0 Å². The number of anilines is 1. The Bertz CT molecular complexity index is 300. The van der Waals surface area contributed by atoms with Crippen molar-refractivity contribution in [2.24, 2.45) is 5.73 Å². The van der Waals surface area contributed by atoms with Gasteiger partial charge in [0.25, 0.3) is 0 Å². The van der Waals surface area contributed by atoms with Gasteiger partial charge in [-0.15, -0.1) is 5.10 Å². The number of methoxy groups -OCH3 is 1. The molecule has 0 aromatic carbocycles. The van der Waals surface area contributed by atoms with Gasteiger partial charge in [0, 0.05) is 26.2 Å². The Hall–Kier alpha value is -1.14. The second-order valence-electron chi connectivity index (χ2n) is 3.51. The molecule has 3 N–H and O–H groups in total.